The molecule has 1 amide bonds. The van der Waals surface area contributed by atoms with Gasteiger partial charge in [0.15, 0.2) is 0 Å². The summed E-state index contributed by atoms with van der Waals surface area (Å²) >= 11 is 1.46. The van der Waals surface area contributed by atoms with Crippen LogP contribution in [0, 0.1) is 6.92 Å². The Kier molecular flexibility index (Phi) is 4.35. The highest BCUT2D eigenvalue weighted by Gasteiger charge is 2.18. The van der Waals surface area contributed by atoms with Crippen molar-refractivity contribution in [3.63, 3.8) is 0 Å². The van der Waals surface area contributed by atoms with Gasteiger partial charge in [-0.3, -0.25) is 14.2 Å². The predicted octanol–water partition coefficient (Wildman–Crippen LogP) is 2.97. The van der Waals surface area contributed by atoms with Crippen molar-refractivity contribution in [1.82, 2.24) is 9.55 Å². The van der Waals surface area contributed by atoms with Crippen molar-refractivity contribution < 1.29 is 9.53 Å². The normalized spacial score (nSPS) is 12.1. The Morgan fingerprint density at radius 3 is 2.71 bits per heavy atom. The molecular formula is C17H17N3O3S. The lowest BCUT2D eigenvalue weighted by Gasteiger charge is -2.15. The van der Waals surface area contributed by atoms with E-state index in [2.05, 4.69) is 10.3 Å². The summed E-state index contributed by atoms with van der Waals surface area (Å²) in [6.45, 7) is 3.60. The molecule has 124 valence electrons. The number of hydrogen-bond acceptors (Lipinski definition) is 5. The quantitative estimate of drug-likeness (QED) is 0.790. The van der Waals surface area contributed by atoms with Gasteiger partial charge in [-0.1, -0.05) is 0 Å². The van der Waals surface area contributed by atoms with E-state index in [-0.39, 0.29) is 11.5 Å². The Morgan fingerprint density at radius 1 is 1.33 bits per heavy atom. The standard InChI is InChI=1S/C17H17N3O3S/c1-10-8-14-16(24-10)18-9-20(17(14)22)11(2)15(21)19-12-4-6-13(23-3)7-5-12/h4-9,11H,1-3H3,(H,19,21)/t11-/m1/s1. The first-order valence-corrected chi connectivity index (χ1v) is 8.23. The first-order chi connectivity index (χ1) is 11.5. The van der Waals surface area contributed by atoms with Crippen LogP contribution in [0.2, 0.25) is 0 Å². The number of methoxy groups -OCH3 is 1. The number of rotatable bonds is 4. The van der Waals surface area contributed by atoms with E-state index in [9.17, 15) is 9.59 Å². The first-order valence-electron chi connectivity index (χ1n) is 7.42. The van der Waals surface area contributed by atoms with Gasteiger partial charge in [0.25, 0.3) is 5.56 Å². The van der Waals surface area contributed by atoms with Gasteiger partial charge in [0.1, 0.15) is 16.6 Å². The molecule has 0 saturated carbocycles. The monoisotopic (exact) mass is 343 g/mol. The van der Waals surface area contributed by atoms with Crippen LogP contribution in [0.1, 0.15) is 17.8 Å². The fraction of sp³-hybridized carbons (Fsp3) is 0.235. The molecule has 0 unspecified atom stereocenters. The van der Waals surface area contributed by atoms with Gasteiger partial charge in [-0.15, -0.1) is 11.3 Å². The summed E-state index contributed by atoms with van der Waals surface area (Å²) in [6.07, 6.45) is 1.43. The Hall–Kier alpha value is -2.67. The second kappa shape index (κ2) is 6.45. The molecule has 0 bridgehead atoms. The van der Waals surface area contributed by atoms with Crippen molar-refractivity contribution in [3.8, 4) is 5.75 Å². The number of hydrogen-bond donors (Lipinski definition) is 1. The Labute approximate surface area is 142 Å². The molecule has 1 N–H and O–H groups in total. The molecule has 7 heteroatoms. The zero-order valence-corrected chi connectivity index (χ0v) is 14.4. The lowest BCUT2D eigenvalue weighted by molar-refractivity contribution is -0.118. The first kappa shape index (κ1) is 16.2. The van der Waals surface area contributed by atoms with Crippen LogP contribution in [0.25, 0.3) is 10.2 Å². The zero-order chi connectivity index (χ0) is 17.3. The van der Waals surface area contributed by atoms with E-state index in [1.807, 2.05) is 6.92 Å². The maximum atomic E-state index is 12.6. The molecule has 1 aromatic carbocycles. The van der Waals surface area contributed by atoms with E-state index in [0.29, 0.717) is 21.7 Å². The van der Waals surface area contributed by atoms with Crippen LogP contribution in [0.4, 0.5) is 5.69 Å². The molecule has 24 heavy (non-hydrogen) atoms. The molecule has 0 radical (unpaired) electrons. The largest absolute Gasteiger partial charge is 0.497 e. The van der Waals surface area contributed by atoms with Crippen LogP contribution in [0.15, 0.2) is 41.5 Å². The van der Waals surface area contributed by atoms with Gasteiger partial charge in [0.05, 0.1) is 18.8 Å². The van der Waals surface area contributed by atoms with E-state index >= 15 is 0 Å². The molecule has 0 aliphatic heterocycles. The van der Waals surface area contributed by atoms with E-state index in [1.165, 1.54) is 22.2 Å². The van der Waals surface area contributed by atoms with E-state index in [0.717, 1.165) is 4.88 Å². The van der Waals surface area contributed by atoms with Gasteiger partial charge >= 0.3 is 0 Å². The van der Waals surface area contributed by atoms with Gasteiger partial charge in [-0.05, 0) is 44.2 Å². The number of ether oxygens (including phenoxy) is 1. The molecular weight excluding hydrogens is 326 g/mol. The molecule has 0 saturated heterocycles. The molecule has 0 spiro atoms. The molecule has 3 rings (SSSR count). The van der Waals surface area contributed by atoms with Gasteiger partial charge < -0.3 is 10.1 Å². The molecule has 2 heterocycles. The highest BCUT2D eigenvalue weighted by molar-refractivity contribution is 7.18. The number of thiophene rings is 1. The SMILES string of the molecule is COc1ccc(NC(=O)[C@@H](C)n2cnc3sc(C)cc3c2=O)cc1. The van der Waals surface area contributed by atoms with Gasteiger partial charge in [-0.25, -0.2) is 4.98 Å². The number of aromatic nitrogens is 2. The third-order valence-electron chi connectivity index (χ3n) is 3.75. The second-order valence-electron chi connectivity index (χ2n) is 5.43. The van der Waals surface area contributed by atoms with Crippen LogP contribution in [-0.2, 0) is 4.79 Å². The summed E-state index contributed by atoms with van der Waals surface area (Å²) in [6, 6.07) is 8.14. The van der Waals surface area contributed by atoms with Crippen LogP contribution in [0.5, 0.6) is 5.75 Å². The summed E-state index contributed by atoms with van der Waals surface area (Å²) in [4.78, 5) is 31.0. The highest BCUT2D eigenvalue weighted by Crippen LogP contribution is 2.21. The lowest BCUT2D eigenvalue weighted by atomic mass is 10.2. The number of nitrogens with one attached hydrogen (secondary N) is 1. The smallest absolute Gasteiger partial charge is 0.262 e. The number of fused-ring (bicyclic) bond motifs is 1. The lowest BCUT2D eigenvalue weighted by Crippen LogP contribution is -2.31. The van der Waals surface area contributed by atoms with Crippen molar-refractivity contribution in [2.45, 2.75) is 19.9 Å². The second-order valence-corrected chi connectivity index (χ2v) is 6.66. The number of carbonyl (C=O) groups excluding carboxylic acids is 1. The van der Waals surface area contributed by atoms with Crippen molar-refractivity contribution in [3.05, 3.63) is 51.9 Å². The average Bonchev–Trinajstić information content (AvgIpc) is 2.97. The summed E-state index contributed by atoms with van der Waals surface area (Å²) < 4.78 is 6.44. The number of aryl methyl sites for hydroxylation is 1. The minimum absolute atomic E-state index is 0.207. The van der Waals surface area contributed by atoms with Crippen LogP contribution < -0.4 is 15.6 Å². The summed E-state index contributed by atoms with van der Waals surface area (Å²) in [5.41, 5.74) is 0.433. The minimum Gasteiger partial charge on any atom is -0.497 e. The van der Waals surface area contributed by atoms with Crippen molar-refractivity contribution in [2.75, 3.05) is 12.4 Å². The fourth-order valence-electron chi connectivity index (χ4n) is 2.38. The van der Waals surface area contributed by atoms with Gasteiger partial charge in [0, 0.05) is 10.6 Å². The van der Waals surface area contributed by atoms with Crippen molar-refractivity contribution in [1.29, 1.82) is 0 Å². The molecule has 1 atom stereocenters. The number of amides is 1. The number of carbonyl (C=O) groups is 1. The van der Waals surface area contributed by atoms with Crippen molar-refractivity contribution >= 4 is 33.1 Å². The van der Waals surface area contributed by atoms with Gasteiger partial charge in [-0.2, -0.15) is 0 Å². The van der Waals surface area contributed by atoms with Crippen molar-refractivity contribution in [2.24, 2.45) is 0 Å². The number of benzene rings is 1. The Morgan fingerprint density at radius 2 is 2.04 bits per heavy atom. The third-order valence-corrected chi connectivity index (χ3v) is 4.71. The number of nitrogens with zero attached hydrogens (tertiary/aromatic N) is 2. The topological polar surface area (TPSA) is 73.2 Å². The van der Waals surface area contributed by atoms with Crippen LogP contribution >= 0.6 is 11.3 Å². The maximum absolute atomic E-state index is 12.6. The van der Waals surface area contributed by atoms with E-state index in [4.69, 9.17) is 4.74 Å². The fourth-order valence-corrected chi connectivity index (χ4v) is 3.22. The summed E-state index contributed by atoms with van der Waals surface area (Å²) in [5, 5.41) is 3.34. The summed E-state index contributed by atoms with van der Waals surface area (Å²) in [7, 11) is 1.58. The van der Waals surface area contributed by atoms with Crippen LogP contribution in [0.3, 0.4) is 0 Å². The third kappa shape index (κ3) is 3.03. The van der Waals surface area contributed by atoms with E-state index < -0.39 is 6.04 Å². The van der Waals surface area contributed by atoms with E-state index in [1.54, 1.807) is 44.4 Å². The molecule has 2 aromatic heterocycles. The molecule has 0 fully saturated rings. The Balaban J connectivity index is 1.84. The molecule has 0 aliphatic carbocycles. The minimum atomic E-state index is -0.670. The summed E-state index contributed by atoms with van der Waals surface area (Å²) in [5.74, 6) is 0.426. The maximum Gasteiger partial charge on any atom is 0.262 e. The predicted molar refractivity (Wildman–Crippen MR) is 95.0 cm³/mol. The molecule has 6 nitrogen and oxygen atoms in total. The zero-order valence-electron chi connectivity index (χ0n) is 13.6. The van der Waals surface area contributed by atoms with Crippen LogP contribution in [-0.4, -0.2) is 22.6 Å². The average molecular weight is 343 g/mol. The molecule has 3 aromatic rings. The Bertz CT molecular complexity index is 944. The highest BCUT2D eigenvalue weighted by atomic mass is 32.1. The molecule has 0 aliphatic rings. The number of anilines is 1. The van der Waals surface area contributed by atoms with Gasteiger partial charge in [0.2, 0.25) is 5.91 Å².